The summed E-state index contributed by atoms with van der Waals surface area (Å²) in [6.45, 7) is 0.285. The number of aromatic nitrogens is 2. The molecule has 6 nitrogen and oxygen atoms in total. The summed E-state index contributed by atoms with van der Waals surface area (Å²) in [5, 5.41) is 7.08. The summed E-state index contributed by atoms with van der Waals surface area (Å²) in [4.78, 5) is 11.2. The van der Waals surface area contributed by atoms with Gasteiger partial charge in [0.1, 0.15) is 10.8 Å². The van der Waals surface area contributed by atoms with Crippen LogP contribution in [0.25, 0.3) is 0 Å². The van der Waals surface area contributed by atoms with E-state index in [1.54, 1.807) is 5.51 Å². The topological polar surface area (TPSA) is 90.1 Å². The maximum Gasteiger partial charge on any atom is 0.249 e. The third-order valence-electron chi connectivity index (χ3n) is 1.34. The van der Waals surface area contributed by atoms with Crippen LogP contribution in [-0.2, 0) is 9.53 Å². The number of hydrogen-bond donors (Lipinski definition) is 2. The molecule has 1 unspecified atom stereocenters. The van der Waals surface area contributed by atoms with Crippen molar-refractivity contribution in [2.45, 2.75) is 9.59 Å². The van der Waals surface area contributed by atoms with Crippen LogP contribution < -0.4 is 11.3 Å². The highest BCUT2D eigenvalue weighted by Crippen LogP contribution is 2.24. The molecule has 1 aromatic rings. The highest BCUT2D eigenvalue weighted by atomic mass is 32.2. The van der Waals surface area contributed by atoms with Crippen molar-refractivity contribution in [1.82, 2.24) is 15.6 Å². The first-order valence-corrected chi connectivity index (χ1v) is 5.46. The summed E-state index contributed by atoms with van der Waals surface area (Å²) < 4.78 is 5.61. The zero-order chi connectivity index (χ0) is 10.4. The third-order valence-corrected chi connectivity index (χ3v) is 3.31. The van der Waals surface area contributed by atoms with E-state index < -0.39 is 5.25 Å². The van der Waals surface area contributed by atoms with Gasteiger partial charge in [0.05, 0.1) is 6.61 Å². The van der Waals surface area contributed by atoms with Crippen LogP contribution in [0.1, 0.15) is 0 Å². The lowest BCUT2D eigenvalue weighted by atomic mass is 10.4. The number of carbonyl (C=O) groups is 1. The Morgan fingerprint density at radius 3 is 3.21 bits per heavy atom. The van der Waals surface area contributed by atoms with Crippen molar-refractivity contribution < 1.29 is 9.53 Å². The highest BCUT2D eigenvalue weighted by Gasteiger charge is 2.20. The average Bonchev–Trinajstić information content (AvgIpc) is 2.68. The van der Waals surface area contributed by atoms with Crippen LogP contribution in [0.4, 0.5) is 0 Å². The van der Waals surface area contributed by atoms with Crippen LogP contribution in [0.2, 0.25) is 0 Å². The van der Waals surface area contributed by atoms with E-state index in [-0.39, 0.29) is 12.5 Å². The molecule has 1 atom stereocenters. The minimum Gasteiger partial charge on any atom is -0.383 e. The molecule has 1 rings (SSSR count). The van der Waals surface area contributed by atoms with E-state index in [1.807, 2.05) is 0 Å². The first-order valence-electron chi connectivity index (χ1n) is 3.70. The molecule has 3 N–H and O–H groups in total. The molecule has 0 saturated carbocycles. The molecule has 1 amide bonds. The van der Waals surface area contributed by atoms with Crippen LogP contribution in [0.3, 0.4) is 0 Å². The second-order valence-corrected chi connectivity index (χ2v) is 4.56. The average molecular weight is 234 g/mol. The minimum absolute atomic E-state index is 0.285. The summed E-state index contributed by atoms with van der Waals surface area (Å²) >= 11 is 2.65. The fraction of sp³-hybridized carbons (Fsp3) is 0.500. The van der Waals surface area contributed by atoms with Gasteiger partial charge in [-0.2, -0.15) is 0 Å². The number of hydrazine groups is 1. The number of rotatable bonds is 5. The lowest BCUT2D eigenvalue weighted by Gasteiger charge is -2.11. The van der Waals surface area contributed by atoms with Crippen LogP contribution in [0.5, 0.6) is 0 Å². The fourth-order valence-corrected chi connectivity index (χ4v) is 2.44. The smallest absolute Gasteiger partial charge is 0.249 e. The van der Waals surface area contributed by atoms with Crippen molar-refractivity contribution in [3.63, 3.8) is 0 Å². The Kier molecular flexibility index (Phi) is 4.80. The van der Waals surface area contributed by atoms with Gasteiger partial charge in [-0.3, -0.25) is 10.2 Å². The van der Waals surface area contributed by atoms with Crippen molar-refractivity contribution >= 4 is 29.0 Å². The van der Waals surface area contributed by atoms with Crippen molar-refractivity contribution in [3.8, 4) is 0 Å². The maximum absolute atomic E-state index is 11.2. The second kappa shape index (κ2) is 5.91. The predicted octanol–water partition coefficient (Wildman–Crippen LogP) is -0.365. The Balaban J connectivity index is 2.55. The van der Waals surface area contributed by atoms with Crippen molar-refractivity contribution in [1.29, 1.82) is 0 Å². The van der Waals surface area contributed by atoms with Crippen LogP contribution in [0, 0.1) is 0 Å². The van der Waals surface area contributed by atoms with E-state index >= 15 is 0 Å². The summed E-state index contributed by atoms with van der Waals surface area (Å²) in [5.74, 6) is 4.75. The van der Waals surface area contributed by atoms with Gasteiger partial charge >= 0.3 is 0 Å². The molecule has 0 bridgehead atoms. The molecule has 1 aromatic heterocycles. The van der Waals surface area contributed by atoms with Gasteiger partial charge < -0.3 is 4.74 Å². The second-order valence-electron chi connectivity index (χ2n) is 2.28. The summed E-state index contributed by atoms with van der Waals surface area (Å²) in [7, 11) is 1.53. The Hall–Kier alpha value is -0.700. The molecule has 8 heteroatoms. The van der Waals surface area contributed by atoms with Gasteiger partial charge in [0, 0.05) is 7.11 Å². The van der Waals surface area contributed by atoms with Gasteiger partial charge in [-0.1, -0.05) is 23.1 Å². The Morgan fingerprint density at radius 1 is 1.93 bits per heavy atom. The first kappa shape index (κ1) is 11.4. The number of ether oxygens (including phenoxy) is 1. The molecule has 0 aliphatic carbocycles. The number of amides is 1. The van der Waals surface area contributed by atoms with Gasteiger partial charge in [0.25, 0.3) is 0 Å². The zero-order valence-corrected chi connectivity index (χ0v) is 9.10. The predicted molar refractivity (Wildman–Crippen MR) is 53.8 cm³/mol. The number of thioether (sulfide) groups is 1. The third kappa shape index (κ3) is 3.22. The van der Waals surface area contributed by atoms with E-state index in [4.69, 9.17) is 10.6 Å². The fourth-order valence-electron chi connectivity index (χ4n) is 0.744. The van der Waals surface area contributed by atoms with Crippen molar-refractivity contribution in [3.05, 3.63) is 5.51 Å². The van der Waals surface area contributed by atoms with E-state index in [2.05, 4.69) is 15.6 Å². The van der Waals surface area contributed by atoms with Crippen molar-refractivity contribution in [2.24, 2.45) is 5.84 Å². The number of nitrogens with one attached hydrogen (secondary N) is 1. The largest absolute Gasteiger partial charge is 0.383 e. The molecular formula is C6H10N4O2S2. The zero-order valence-electron chi connectivity index (χ0n) is 7.47. The van der Waals surface area contributed by atoms with Crippen molar-refractivity contribution in [2.75, 3.05) is 13.7 Å². The van der Waals surface area contributed by atoms with Gasteiger partial charge in [-0.25, -0.2) is 5.84 Å². The van der Waals surface area contributed by atoms with E-state index in [0.717, 1.165) is 4.34 Å². The lowest BCUT2D eigenvalue weighted by molar-refractivity contribution is -0.121. The molecule has 0 aliphatic rings. The Morgan fingerprint density at radius 2 is 2.71 bits per heavy atom. The highest BCUT2D eigenvalue weighted by molar-refractivity contribution is 8.02. The summed E-state index contributed by atoms with van der Waals surface area (Å²) in [6, 6.07) is 0. The standard InChI is InChI=1S/C6H10N4O2S2/c1-12-2-4(5(11)9-7)14-6-10-8-3-13-6/h3-4H,2,7H2,1H3,(H,9,11). The minimum atomic E-state index is -0.391. The molecule has 0 aliphatic heterocycles. The lowest BCUT2D eigenvalue weighted by Crippen LogP contribution is -2.39. The Bertz CT molecular complexity index is 279. The van der Waals surface area contributed by atoms with E-state index in [1.165, 1.54) is 30.2 Å². The quantitative estimate of drug-likeness (QED) is 0.313. The molecule has 0 fully saturated rings. The number of hydrogen-bond acceptors (Lipinski definition) is 7. The van der Waals surface area contributed by atoms with E-state index in [0.29, 0.717) is 0 Å². The molecule has 0 aromatic carbocycles. The Labute approximate surface area is 89.2 Å². The molecule has 78 valence electrons. The number of nitrogens with zero attached hydrogens (tertiary/aromatic N) is 2. The molecule has 0 spiro atoms. The van der Waals surface area contributed by atoms with Gasteiger partial charge in [0.15, 0.2) is 4.34 Å². The van der Waals surface area contributed by atoms with E-state index in [9.17, 15) is 4.79 Å². The van der Waals surface area contributed by atoms with Crippen LogP contribution in [-0.4, -0.2) is 35.1 Å². The monoisotopic (exact) mass is 234 g/mol. The first-order chi connectivity index (χ1) is 6.77. The molecular weight excluding hydrogens is 224 g/mol. The normalized spacial score (nSPS) is 12.4. The van der Waals surface area contributed by atoms with Crippen LogP contribution >= 0.6 is 23.1 Å². The summed E-state index contributed by atoms with van der Waals surface area (Å²) in [6.07, 6.45) is 0. The number of methoxy groups -OCH3 is 1. The molecule has 0 saturated heterocycles. The number of carbonyl (C=O) groups excluding carboxylic acids is 1. The van der Waals surface area contributed by atoms with Crippen LogP contribution in [0.15, 0.2) is 9.85 Å². The SMILES string of the molecule is COCC(Sc1nncs1)C(=O)NN. The molecule has 0 radical (unpaired) electrons. The van der Waals surface area contributed by atoms with Gasteiger partial charge in [-0.05, 0) is 0 Å². The number of nitrogens with two attached hydrogens (primary N) is 1. The van der Waals surface area contributed by atoms with Gasteiger partial charge in [-0.15, -0.1) is 10.2 Å². The molecule has 1 heterocycles. The molecule has 14 heavy (non-hydrogen) atoms. The summed E-state index contributed by atoms with van der Waals surface area (Å²) in [5.41, 5.74) is 3.68. The maximum atomic E-state index is 11.2. The van der Waals surface area contributed by atoms with Gasteiger partial charge in [0.2, 0.25) is 5.91 Å².